The van der Waals surface area contributed by atoms with E-state index in [0.29, 0.717) is 18.9 Å². The van der Waals surface area contributed by atoms with E-state index in [-0.39, 0.29) is 17.7 Å². The molecule has 1 aromatic carbocycles. The summed E-state index contributed by atoms with van der Waals surface area (Å²) in [5.74, 6) is 1.94. The fraction of sp³-hybridized carbons (Fsp3) is 0.588. The molecule has 0 fully saturated rings. The van der Waals surface area contributed by atoms with E-state index in [1.54, 1.807) is 14.2 Å². The Hall–Kier alpha value is -1.76. The third-order valence-corrected chi connectivity index (χ3v) is 4.75. The molecule has 1 rings (SSSR count). The second-order valence-electron chi connectivity index (χ2n) is 6.06. The lowest BCUT2D eigenvalue weighted by atomic mass is 10.0. The van der Waals surface area contributed by atoms with Crippen LogP contribution in [0, 0.1) is 0 Å². The van der Waals surface area contributed by atoms with E-state index in [2.05, 4.69) is 28.6 Å². The second kappa shape index (κ2) is 9.52. The molecule has 136 valence electrons. The van der Waals surface area contributed by atoms with Gasteiger partial charge in [-0.3, -0.25) is 4.99 Å². The maximum Gasteiger partial charge on any atom is 0.191 e. The van der Waals surface area contributed by atoms with Crippen LogP contribution in [0.25, 0.3) is 0 Å². The van der Waals surface area contributed by atoms with Crippen LogP contribution in [0.5, 0.6) is 5.75 Å². The minimum atomic E-state index is -2.95. The van der Waals surface area contributed by atoms with Gasteiger partial charge in [0.2, 0.25) is 0 Å². The highest BCUT2D eigenvalue weighted by atomic mass is 32.2. The van der Waals surface area contributed by atoms with Crippen LogP contribution < -0.4 is 15.4 Å². The predicted molar refractivity (Wildman–Crippen MR) is 99.7 cm³/mol. The highest BCUT2D eigenvalue weighted by molar-refractivity contribution is 7.90. The molecule has 2 unspecified atom stereocenters. The van der Waals surface area contributed by atoms with Gasteiger partial charge in [-0.1, -0.05) is 25.1 Å². The smallest absolute Gasteiger partial charge is 0.191 e. The van der Waals surface area contributed by atoms with Gasteiger partial charge in [0, 0.05) is 31.8 Å². The van der Waals surface area contributed by atoms with Gasteiger partial charge in [0.25, 0.3) is 0 Å². The van der Waals surface area contributed by atoms with Crippen molar-refractivity contribution in [2.75, 3.05) is 32.7 Å². The van der Waals surface area contributed by atoms with Crippen LogP contribution in [0.1, 0.15) is 31.7 Å². The molecule has 0 saturated carbocycles. The zero-order valence-electron chi connectivity index (χ0n) is 15.2. The predicted octanol–water partition coefficient (Wildman–Crippen LogP) is 1.79. The minimum absolute atomic E-state index is 0.0208. The van der Waals surface area contributed by atoms with E-state index in [1.807, 2.05) is 25.1 Å². The number of benzene rings is 1. The Morgan fingerprint density at radius 1 is 1.29 bits per heavy atom. The number of nitrogens with zero attached hydrogens (tertiary/aromatic N) is 1. The van der Waals surface area contributed by atoms with Gasteiger partial charge in [-0.25, -0.2) is 8.42 Å². The number of para-hydroxylation sites is 1. The fourth-order valence-corrected chi connectivity index (χ4v) is 3.11. The average molecular weight is 356 g/mol. The van der Waals surface area contributed by atoms with Crippen LogP contribution in [0.3, 0.4) is 0 Å². The van der Waals surface area contributed by atoms with Crippen molar-refractivity contribution in [2.45, 2.75) is 32.2 Å². The van der Waals surface area contributed by atoms with Crippen molar-refractivity contribution in [1.29, 1.82) is 0 Å². The number of aliphatic imine (C=N–C) groups is 1. The van der Waals surface area contributed by atoms with Crippen molar-refractivity contribution in [2.24, 2.45) is 4.99 Å². The summed E-state index contributed by atoms with van der Waals surface area (Å²) in [4.78, 5) is 4.19. The summed E-state index contributed by atoms with van der Waals surface area (Å²) in [5, 5.41) is 6.50. The van der Waals surface area contributed by atoms with E-state index >= 15 is 0 Å². The molecule has 6 nitrogen and oxygen atoms in total. The number of sulfone groups is 1. The average Bonchev–Trinajstić information content (AvgIpc) is 2.55. The Balaban J connectivity index is 2.54. The first-order chi connectivity index (χ1) is 11.3. The van der Waals surface area contributed by atoms with E-state index in [1.165, 1.54) is 6.26 Å². The summed E-state index contributed by atoms with van der Waals surface area (Å²) in [5.41, 5.74) is 1.13. The Bertz CT molecular complexity index is 644. The number of guanidine groups is 1. The van der Waals surface area contributed by atoms with Crippen molar-refractivity contribution < 1.29 is 13.2 Å². The maximum absolute atomic E-state index is 11.2. The fourth-order valence-electron chi connectivity index (χ4n) is 2.32. The molecule has 0 aliphatic rings. The highest BCUT2D eigenvalue weighted by Crippen LogP contribution is 2.25. The van der Waals surface area contributed by atoms with Gasteiger partial charge in [0.15, 0.2) is 5.96 Å². The second-order valence-corrected chi connectivity index (χ2v) is 8.32. The van der Waals surface area contributed by atoms with Crippen LogP contribution in [0.2, 0.25) is 0 Å². The minimum Gasteiger partial charge on any atom is -0.496 e. The molecule has 0 saturated heterocycles. The SMILES string of the molecule is CN=C(NCC(C)c1ccccc1OC)NC(C)CCS(C)(=O)=O. The van der Waals surface area contributed by atoms with Crippen LogP contribution in [-0.4, -0.2) is 53.1 Å². The largest absolute Gasteiger partial charge is 0.496 e. The van der Waals surface area contributed by atoms with Gasteiger partial charge in [-0.2, -0.15) is 0 Å². The van der Waals surface area contributed by atoms with Crippen LogP contribution >= 0.6 is 0 Å². The summed E-state index contributed by atoms with van der Waals surface area (Å²) in [6.07, 6.45) is 1.79. The standard InChI is InChI=1S/C17H29N3O3S/c1-13(15-8-6-7-9-16(15)23-4)12-19-17(18-3)20-14(2)10-11-24(5,21)22/h6-9,13-14H,10-12H2,1-5H3,(H2,18,19,20). The van der Waals surface area contributed by atoms with Crippen LogP contribution in [0.15, 0.2) is 29.3 Å². The van der Waals surface area contributed by atoms with Crippen molar-refractivity contribution in [3.05, 3.63) is 29.8 Å². The number of nitrogens with one attached hydrogen (secondary N) is 2. The van der Waals surface area contributed by atoms with Gasteiger partial charge >= 0.3 is 0 Å². The lowest BCUT2D eigenvalue weighted by Crippen LogP contribution is -2.43. The topological polar surface area (TPSA) is 79.8 Å². The Kier molecular flexibility index (Phi) is 8.04. The Morgan fingerprint density at radius 3 is 2.54 bits per heavy atom. The Labute approximate surface area is 145 Å². The molecule has 2 atom stereocenters. The first-order valence-electron chi connectivity index (χ1n) is 8.04. The number of hydrogen-bond donors (Lipinski definition) is 2. The maximum atomic E-state index is 11.2. The number of rotatable bonds is 8. The van der Waals surface area contributed by atoms with E-state index in [4.69, 9.17) is 4.74 Å². The van der Waals surface area contributed by atoms with E-state index in [9.17, 15) is 8.42 Å². The highest BCUT2D eigenvalue weighted by Gasteiger charge is 2.13. The molecule has 24 heavy (non-hydrogen) atoms. The number of ether oxygens (including phenoxy) is 1. The van der Waals surface area contributed by atoms with Gasteiger partial charge in [-0.15, -0.1) is 0 Å². The molecule has 0 spiro atoms. The third kappa shape index (κ3) is 7.21. The summed E-state index contributed by atoms with van der Waals surface area (Å²) < 4.78 is 27.9. The number of methoxy groups -OCH3 is 1. The molecule has 1 aromatic rings. The Morgan fingerprint density at radius 2 is 1.96 bits per heavy atom. The molecule has 0 heterocycles. The van der Waals surface area contributed by atoms with Crippen LogP contribution in [0.4, 0.5) is 0 Å². The van der Waals surface area contributed by atoms with Crippen molar-refractivity contribution in [1.82, 2.24) is 10.6 Å². The molecule has 7 heteroatoms. The first-order valence-corrected chi connectivity index (χ1v) is 10.1. The molecule has 0 aliphatic carbocycles. The third-order valence-electron chi connectivity index (χ3n) is 3.77. The molecular formula is C17H29N3O3S. The van der Waals surface area contributed by atoms with Crippen molar-refractivity contribution in [3.8, 4) is 5.75 Å². The van der Waals surface area contributed by atoms with Gasteiger partial charge < -0.3 is 15.4 Å². The lowest BCUT2D eigenvalue weighted by Gasteiger charge is -2.20. The van der Waals surface area contributed by atoms with Gasteiger partial charge in [0.1, 0.15) is 15.6 Å². The quantitative estimate of drug-likeness (QED) is 0.549. The molecule has 2 N–H and O–H groups in total. The zero-order valence-corrected chi connectivity index (χ0v) is 16.0. The zero-order chi connectivity index (χ0) is 18.2. The summed E-state index contributed by atoms with van der Waals surface area (Å²) in [7, 11) is 0.425. The lowest BCUT2D eigenvalue weighted by molar-refractivity contribution is 0.406. The van der Waals surface area contributed by atoms with E-state index in [0.717, 1.165) is 11.3 Å². The van der Waals surface area contributed by atoms with E-state index < -0.39 is 9.84 Å². The number of hydrogen-bond acceptors (Lipinski definition) is 4. The summed E-state index contributed by atoms with van der Waals surface area (Å²) >= 11 is 0. The van der Waals surface area contributed by atoms with Crippen LogP contribution in [-0.2, 0) is 9.84 Å². The van der Waals surface area contributed by atoms with Crippen molar-refractivity contribution in [3.63, 3.8) is 0 Å². The molecule has 0 amide bonds. The van der Waals surface area contributed by atoms with Gasteiger partial charge in [-0.05, 0) is 25.0 Å². The summed E-state index contributed by atoms with van der Waals surface area (Å²) in [6.45, 7) is 4.76. The normalized spacial score (nSPS) is 14.8. The molecular weight excluding hydrogens is 326 g/mol. The van der Waals surface area contributed by atoms with Crippen molar-refractivity contribution >= 4 is 15.8 Å². The molecule has 0 bridgehead atoms. The monoisotopic (exact) mass is 355 g/mol. The summed E-state index contributed by atoms with van der Waals surface area (Å²) in [6, 6.07) is 7.97. The first kappa shape index (κ1) is 20.3. The molecule has 0 aliphatic heterocycles. The molecule has 0 radical (unpaired) electrons. The molecule has 0 aromatic heterocycles. The van der Waals surface area contributed by atoms with Gasteiger partial charge in [0.05, 0.1) is 12.9 Å².